The number of benzene rings is 5. The molecule has 0 spiro atoms. The molecule has 0 amide bonds. The number of thiophene rings is 1. The first-order chi connectivity index (χ1) is 21.8. The minimum atomic E-state index is 0.191. The van der Waals surface area contributed by atoms with Crippen molar-refractivity contribution in [2.45, 2.75) is 19.0 Å². The molecule has 210 valence electrons. The van der Waals surface area contributed by atoms with Crippen LogP contribution in [0.3, 0.4) is 0 Å². The van der Waals surface area contributed by atoms with E-state index in [4.69, 9.17) is 9.98 Å². The fourth-order valence-electron chi connectivity index (χ4n) is 7.04. The van der Waals surface area contributed by atoms with E-state index < -0.39 is 0 Å². The topological polar surface area (TPSA) is 28.5 Å². The van der Waals surface area contributed by atoms with Gasteiger partial charge in [-0.25, -0.2) is 4.98 Å². The van der Waals surface area contributed by atoms with Crippen LogP contribution in [0.15, 0.2) is 138 Å². The van der Waals surface area contributed by atoms with Crippen LogP contribution in [0.1, 0.15) is 12.5 Å². The van der Waals surface area contributed by atoms with E-state index in [0.717, 1.165) is 29.2 Å². The van der Waals surface area contributed by atoms with Crippen LogP contribution in [0.25, 0.3) is 64.2 Å². The summed E-state index contributed by atoms with van der Waals surface area (Å²) < 4.78 is 2.65. The van der Waals surface area contributed by atoms with Gasteiger partial charge in [-0.15, -0.1) is 11.3 Å². The summed E-state index contributed by atoms with van der Waals surface area (Å²) in [6.07, 6.45) is 8.72. The fourth-order valence-corrected chi connectivity index (χ4v) is 8.31. The van der Waals surface area contributed by atoms with Gasteiger partial charge in [-0.05, 0) is 36.2 Å². The van der Waals surface area contributed by atoms with E-state index in [0.29, 0.717) is 6.04 Å². The number of allylic oxidation sites excluding steroid dienone is 2. The third-order valence-electron chi connectivity index (χ3n) is 9.14. The molecule has 0 radical (unpaired) electrons. The van der Waals surface area contributed by atoms with Crippen molar-refractivity contribution in [1.29, 1.82) is 0 Å². The van der Waals surface area contributed by atoms with Crippen molar-refractivity contribution in [3.05, 3.63) is 139 Å². The second-order valence-electron chi connectivity index (χ2n) is 11.6. The molecule has 2 aliphatic rings. The first-order valence-electron chi connectivity index (χ1n) is 15.3. The Morgan fingerprint density at radius 2 is 1.41 bits per heavy atom. The molecule has 0 saturated carbocycles. The second-order valence-corrected chi connectivity index (χ2v) is 12.6. The number of fused-ring (bicyclic) bond motifs is 8. The number of aromatic nitrogens is 1. The van der Waals surface area contributed by atoms with Crippen molar-refractivity contribution in [3.8, 4) is 22.4 Å². The van der Waals surface area contributed by atoms with Crippen LogP contribution in [0.4, 0.5) is 0 Å². The molecule has 3 heterocycles. The third-order valence-corrected chi connectivity index (χ3v) is 10.3. The quantitative estimate of drug-likeness (QED) is 0.193. The number of likely N-dealkylation sites (N-methyl/N-ethyl adjacent to an activating group) is 1. The fraction of sp³-hybridized carbons (Fsp3) is 0.100. The van der Waals surface area contributed by atoms with Crippen molar-refractivity contribution in [2.24, 2.45) is 4.99 Å². The lowest BCUT2D eigenvalue weighted by Crippen LogP contribution is -2.38. The number of hydrogen-bond donors (Lipinski definition) is 0. The molecular formula is C40H29N3S. The Labute approximate surface area is 260 Å². The maximum Gasteiger partial charge on any atom is 0.132 e. The summed E-state index contributed by atoms with van der Waals surface area (Å²) in [4.78, 5) is 12.7. The number of nitrogens with zero attached hydrogens (tertiary/aromatic N) is 3. The molecule has 0 N–H and O–H groups in total. The zero-order valence-corrected chi connectivity index (χ0v) is 25.1. The van der Waals surface area contributed by atoms with Crippen molar-refractivity contribution in [3.63, 3.8) is 0 Å². The van der Waals surface area contributed by atoms with E-state index in [2.05, 4.69) is 145 Å². The minimum Gasteiger partial charge on any atom is -0.348 e. The molecule has 1 aliphatic heterocycles. The normalized spacial score (nSPS) is 17.7. The Hall–Kier alpha value is -5.06. The van der Waals surface area contributed by atoms with Gasteiger partial charge >= 0.3 is 0 Å². The zero-order chi connectivity index (χ0) is 29.2. The summed E-state index contributed by atoms with van der Waals surface area (Å²) in [6, 6.07) is 40.0. The lowest BCUT2D eigenvalue weighted by molar-refractivity contribution is 0.387. The van der Waals surface area contributed by atoms with Crippen LogP contribution in [0.2, 0.25) is 0 Å². The Balaban J connectivity index is 1.14. The smallest absolute Gasteiger partial charge is 0.132 e. The summed E-state index contributed by atoms with van der Waals surface area (Å²) in [5.74, 6) is 1.08. The van der Waals surface area contributed by atoms with E-state index >= 15 is 0 Å². The monoisotopic (exact) mass is 583 g/mol. The molecule has 7 aromatic rings. The molecule has 5 aromatic carbocycles. The van der Waals surface area contributed by atoms with Gasteiger partial charge in [-0.1, -0.05) is 115 Å². The van der Waals surface area contributed by atoms with Gasteiger partial charge in [0.2, 0.25) is 0 Å². The molecule has 2 atom stereocenters. The van der Waals surface area contributed by atoms with Crippen molar-refractivity contribution < 1.29 is 0 Å². The summed E-state index contributed by atoms with van der Waals surface area (Å²) in [7, 11) is 0. The molecule has 3 nitrogen and oxygen atoms in total. The number of amidine groups is 1. The van der Waals surface area contributed by atoms with Gasteiger partial charge in [0.15, 0.2) is 0 Å². The molecule has 2 unspecified atom stereocenters. The van der Waals surface area contributed by atoms with Crippen LogP contribution < -0.4 is 0 Å². The standard InChI is InChI=1S/C40H29N3S/c1-2-43-35-16-7-6-15-34(35)42-40(43)28-11-9-10-27(24-28)25-18-20-26(21-19-25)38-32-23-22-30-29-12-4-8-17-36(29)44-39(30)37(32)31-13-3-5-14-33(31)41-38/h3-24,34-35H,2H2,1H3. The van der Waals surface area contributed by atoms with Gasteiger partial charge in [0, 0.05) is 54.0 Å². The van der Waals surface area contributed by atoms with Crippen molar-refractivity contribution >= 4 is 59.0 Å². The lowest BCUT2D eigenvalue weighted by atomic mass is 9.96. The highest BCUT2D eigenvalue weighted by atomic mass is 32.1. The van der Waals surface area contributed by atoms with Gasteiger partial charge in [-0.2, -0.15) is 0 Å². The van der Waals surface area contributed by atoms with Gasteiger partial charge in [0.05, 0.1) is 23.3 Å². The first-order valence-corrected chi connectivity index (χ1v) is 16.1. The van der Waals surface area contributed by atoms with Crippen LogP contribution in [0.5, 0.6) is 0 Å². The molecule has 4 heteroatoms. The molecular weight excluding hydrogens is 555 g/mol. The van der Waals surface area contributed by atoms with Crippen LogP contribution in [0, 0.1) is 0 Å². The average molecular weight is 584 g/mol. The van der Waals surface area contributed by atoms with Gasteiger partial charge in [-0.3, -0.25) is 4.99 Å². The van der Waals surface area contributed by atoms with Gasteiger partial charge in [0.25, 0.3) is 0 Å². The van der Waals surface area contributed by atoms with E-state index in [9.17, 15) is 0 Å². The van der Waals surface area contributed by atoms with E-state index in [1.807, 2.05) is 11.3 Å². The molecule has 9 rings (SSSR count). The summed E-state index contributed by atoms with van der Waals surface area (Å²) in [6.45, 7) is 3.14. The largest absolute Gasteiger partial charge is 0.348 e. The number of rotatable bonds is 4. The zero-order valence-electron chi connectivity index (χ0n) is 24.3. The highest BCUT2D eigenvalue weighted by molar-refractivity contribution is 7.26. The molecule has 1 aliphatic carbocycles. The predicted molar refractivity (Wildman–Crippen MR) is 188 cm³/mol. The Kier molecular flexibility index (Phi) is 5.78. The maximum atomic E-state index is 5.23. The third kappa shape index (κ3) is 3.88. The van der Waals surface area contributed by atoms with E-state index in [1.165, 1.54) is 53.0 Å². The lowest BCUT2D eigenvalue weighted by Gasteiger charge is -2.27. The van der Waals surface area contributed by atoms with E-state index in [-0.39, 0.29) is 6.04 Å². The van der Waals surface area contributed by atoms with Crippen molar-refractivity contribution in [1.82, 2.24) is 9.88 Å². The first kappa shape index (κ1) is 25.4. The van der Waals surface area contributed by atoms with Gasteiger partial charge < -0.3 is 4.90 Å². The van der Waals surface area contributed by atoms with Crippen molar-refractivity contribution in [2.75, 3.05) is 6.54 Å². The highest BCUT2D eigenvalue weighted by Gasteiger charge is 2.33. The van der Waals surface area contributed by atoms with Crippen LogP contribution >= 0.6 is 11.3 Å². The Bertz CT molecular complexity index is 2340. The minimum absolute atomic E-state index is 0.191. The number of para-hydroxylation sites is 1. The highest BCUT2D eigenvalue weighted by Crippen LogP contribution is 2.43. The number of aliphatic imine (C=N–C) groups is 1. The Morgan fingerprint density at radius 1 is 0.659 bits per heavy atom. The van der Waals surface area contributed by atoms with Crippen LogP contribution in [-0.4, -0.2) is 34.3 Å². The Morgan fingerprint density at radius 3 is 2.30 bits per heavy atom. The van der Waals surface area contributed by atoms with Gasteiger partial charge in [0.1, 0.15) is 5.84 Å². The summed E-state index contributed by atoms with van der Waals surface area (Å²) in [5, 5.41) is 6.33. The summed E-state index contributed by atoms with van der Waals surface area (Å²) >= 11 is 1.88. The average Bonchev–Trinajstić information content (AvgIpc) is 3.66. The maximum absolute atomic E-state index is 5.23. The number of hydrogen-bond acceptors (Lipinski definition) is 4. The van der Waals surface area contributed by atoms with Crippen LogP contribution in [-0.2, 0) is 0 Å². The molecule has 0 saturated heterocycles. The number of pyridine rings is 1. The summed E-state index contributed by atoms with van der Waals surface area (Å²) in [5.41, 5.74) is 6.73. The molecule has 0 bridgehead atoms. The SMILES string of the molecule is CCN1C(c2cccc(-c3ccc(-c4nc5ccccc5c5c4ccc4c6ccccc6sc45)cc3)c2)=NC2C=CC=CC21. The second kappa shape index (κ2) is 10.0. The predicted octanol–water partition coefficient (Wildman–Crippen LogP) is 10.0. The molecule has 2 aromatic heterocycles. The van der Waals surface area contributed by atoms with E-state index in [1.54, 1.807) is 0 Å². The molecule has 44 heavy (non-hydrogen) atoms. The molecule has 0 fully saturated rings.